The Hall–Kier alpha value is -1.01. The minimum atomic E-state index is -0.222. The van der Waals surface area contributed by atoms with Gasteiger partial charge in [-0.15, -0.1) is 6.42 Å². The summed E-state index contributed by atoms with van der Waals surface area (Å²) < 4.78 is 5.00. The molecule has 15 heavy (non-hydrogen) atoms. The molecule has 0 spiro atoms. The van der Waals surface area contributed by atoms with E-state index in [0.717, 1.165) is 12.8 Å². The predicted molar refractivity (Wildman–Crippen MR) is 61.4 cm³/mol. The average Bonchev–Trinajstić information content (AvgIpc) is 2.23. The third-order valence-corrected chi connectivity index (χ3v) is 2.01. The molecule has 0 unspecified atom stereocenters. The van der Waals surface area contributed by atoms with Crippen molar-refractivity contribution in [3.8, 4) is 12.3 Å². The number of nitrogens with one attached hydrogen (secondary N) is 1. The third-order valence-electron chi connectivity index (χ3n) is 2.01. The lowest BCUT2D eigenvalue weighted by Crippen LogP contribution is -2.25. The summed E-state index contributed by atoms with van der Waals surface area (Å²) in [5.74, 6) is 2.17. The highest BCUT2D eigenvalue weighted by molar-refractivity contribution is 5.71. The van der Waals surface area contributed by atoms with Crippen LogP contribution in [0.25, 0.3) is 0 Å². The fourth-order valence-corrected chi connectivity index (χ4v) is 1.18. The predicted octanol–water partition coefficient (Wildman–Crippen LogP) is 1.72. The first-order chi connectivity index (χ1) is 7.31. The van der Waals surface area contributed by atoms with Crippen LogP contribution in [0.5, 0.6) is 0 Å². The highest BCUT2D eigenvalue weighted by Crippen LogP contribution is 2.02. The van der Waals surface area contributed by atoms with Crippen molar-refractivity contribution in [2.75, 3.05) is 19.7 Å². The fraction of sp³-hybridized carbons (Fsp3) is 0.750. The van der Waals surface area contributed by atoms with E-state index >= 15 is 0 Å². The van der Waals surface area contributed by atoms with E-state index in [1.807, 2.05) is 0 Å². The molecule has 3 nitrogen and oxygen atoms in total. The lowest BCUT2D eigenvalue weighted by Gasteiger charge is -2.04. The summed E-state index contributed by atoms with van der Waals surface area (Å²) in [6, 6.07) is 0. The molecule has 0 aromatic heterocycles. The Morgan fingerprint density at radius 3 is 2.73 bits per heavy atom. The van der Waals surface area contributed by atoms with Gasteiger partial charge in [0.05, 0.1) is 19.7 Å². The van der Waals surface area contributed by atoms with Gasteiger partial charge in [0, 0.05) is 0 Å². The summed E-state index contributed by atoms with van der Waals surface area (Å²) in [5, 5.41) is 2.79. The molecule has 0 bridgehead atoms. The number of unbranched alkanes of at least 4 members (excludes halogenated alkanes) is 4. The Bertz CT molecular complexity index is 196. The van der Waals surface area contributed by atoms with E-state index in [1.54, 1.807) is 0 Å². The molecule has 0 aliphatic rings. The maximum absolute atomic E-state index is 11.1. The average molecular weight is 211 g/mol. The first-order valence-corrected chi connectivity index (χ1v) is 5.61. The summed E-state index contributed by atoms with van der Waals surface area (Å²) in [5.41, 5.74) is 0. The van der Waals surface area contributed by atoms with Crippen molar-refractivity contribution in [1.82, 2.24) is 5.32 Å². The van der Waals surface area contributed by atoms with Crippen molar-refractivity contribution < 1.29 is 9.53 Å². The quantitative estimate of drug-likeness (QED) is 0.358. The van der Waals surface area contributed by atoms with Gasteiger partial charge >= 0.3 is 5.97 Å². The summed E-state index contributed by atoms with van der Waals surface area (Å²) in [4.78, 5) is 11.1. The molecule has 0 saturated heterocycles. The number of ether oxygens (including phenoxy) is 1. The van der Waals surface area contributed by atoms with Gasteiger partial charge in [-0.05, 0) is 6.42 Å². The molecular formula is C12H21NO2. The molecule has 1 N–H and O–H groups in total. The summed E-state index contributed by atoms with van der Waals surface area (Å²) in [6.07, 6.45) is 10.8. The van der Waals surface area contributed by atoms with Crippen LogP contribution in [0.1, 0.15) is 39.0 Å². The Morgan fingerprint density at radius 1 is 1.33 bits per heavy atom. The first kappa shape index (κ1) is 14.0. The maximum Gasteiger partial charge on any atom is 0.319 e. The third kappa shape index (κ3) is 10.9. The number of hydrogen-bond donors (Lipinski definition) is 1. The van der Waals surface area contributed by atoms with Crippen molar-refractivity contribution in [3.05, 3.63) is 0 Å². The number of terminal acetylenes is 1. The molecule has 0 fully saturated rings. The van der Waals surface area contributed by atoms with Crippen LogP contribution in [0.2, 0.25) is 0 Å². The zero-order valence-corrected chi connectivity index (χ0v) is 9.55. The van der Waals surface area contributed by atoms with E-state index in [0.29, 0.717) is 13.2 Å². The van der Waals surface area contributed by atoms with Gasteiger partial charge in [-0.2, -0.15) is 0 Å². The van der Waals surface area contributed by atoms with Crippen molar-refractivity contribution in [2.24, 2.45) is 0 Å². The highest BCUT2D eigenvalue weighted by atomic mass is 16.5. The van der Waals surface area contributed by atoms with Gasteiger partial charge in [-0.25, -0.2) is 0 Å². The summed E-state index contributed by atoms with van der Waals surface area (Å²) >= 11 is 0. The van der Waals surface area contributed by atoms with E-state index in [1.165, 1.54) is 19.3 Å². The molecule has 3 heteroatoms. The summed E-state index contributed by atoms with van der Waals surface area (Å²) in [7, 11) is 0. The number of rotatable bonds is 9. The van der Waals surface area contributed by atoms with Gasteiger partial charge in [0.2, 0.25) is 0 Å². The van der Waals surface area contributed by atoms with E-state index in [9.17, 15) is 4.79 Å². The second-order valence-electron chi connectivity index (χ2n) is 3.44. The Labute approximate surface area is 92.6 Å². The molecule has 86 valence electrons. The minimum Gasteiger partial charge on any atom is -0.465 e. The SMILES string of the molecule is C#CCNCC(=O)OCCCCCCC. The first-order valence-electron chi connectivity index (χ1n) is 5.61. The number of hydrogen-bond acceptors (Lipinski definition) is 3. The van der Waals surface area contributed by atoms with E-state index in [2.05, 4.69) is 18.2 Å². The van der Waals surface area contributed by atoms with Crippen LogP contribution in [0.4, 0.5) is 0 Å². The van der Waals surface area contributed by atoms with Gasteiger partial charge in [-0.1, -0.05) is 38.5 Å². The molecular weight excluding hydrogens is 190 g/mol. The molecule has 0 rings (SSSR count). The number of carbonyl (C=O) groups excluding carboxylic acids is 1. The second kappa shape index (κ2) is 11.1. The van der Waals surface area contributed by atoms with Crippen LogP contribution in [0.3, 0.4) is 0 Å². The van der Waals surface area contributed by atoms with Gasteiger partial charge in [0.1, 0.15) is 0 Å². The highest BCUT2D eigenvalue weighted by Gasteiger charge is 2.00. The molecule has 0 saturated carbocycles. The normalized spacial score (nSPS) is 9.60. The van der Waals surface area contributed by atoms with Crippen LogP contribution in [-0.2, 0) is 9.53 Å². The van der Waals surface area contributed by atoms with Crippen LogP contribution in [0, 0.1) is 12.3 Å². The largest absolute Gasteiger partial charge is 0.465 e. The van der Waals surface area contributed by atoms with Crippen LogP contribution in [-0.4, -0.2) is 25.7 Å². The van der Waals surface area contributed by atoms with Crippen LogP contribution < -0.4 is 5.32 Å². The monoisotopic (exact) mass is 211 g/mol. The lowest BCUT2D eigenvalue weighted by molar-refractivity contribution is -0.142. The fourth-order valence-electron chi connectivity index (χ4n) is 1.18. The molecule has 0 aliphatic heterocycles. The van der Waals surface area contributed by atoms with Gasteiger partial charge in [0.15, 0.2) is 0 Å². The lowest BCUT2D eigenvalue weighted by atomic mass is 10.2. The molecule has 0 radical (unpaired) electrons. The van der Waals surface area contributed by atoms with Crippen molar-refractivity contribution in [2.45, 2.75) is 39.0 Å². The van der Waals surface area contributed by atoms with Gasteiger partial charge in [-0.3, -0.25) is 10.1 Å². The number of esters is 1. The molecule has 0 aromatic carbocycles. The van der Waals surface area contributed by atoms with Crippen molar-refractivity contribution in [1.29, 1.82) is 0 Å². The zero-order chi connectivity index (χ0) is 11.4. The molecule has 0 heterocycles. The van der Waals surface area contributed by atoms with E-state index < -0.39 is 0 Å². The number of carbonyl (C=O) groups is 1. The standard InChI is InChI=1S/C12H21NO2/c1-3-5-6-7-8-10-15-12(14)11-13-9-4-2/h2,13H,3,5-11H2,1H3. The molecule has 0 atom stereocenters. The van der Waals surface area contributed by atoms with Crippen molar-refractivity contribution >= 4 is 5.97 Å². The van der Waals surface area contributed by atoms with E-state index in [4.69, 9.17) is 11.2 Å². The second-order valence-corrected chi connectivity index (χ2v) is 3.44. The smallest absolute Gasteiger partial charge is 0.319 e. The van der Waals surface area contributed by atoms with Gasteiger partial charge in [0.25, 0.3) is 0 Å². The van der Waals surface area contributed by atoms with Gasteiger partial charge < -0.3 is 4.74 Å². The Balaban J connectivity index is 3.14. The van der Waals surface area contributed by atoms with Crippen molar-refractivity contribution in [3.63, 3.8) is 0 Å². The Kier molecular flexibility index (Phi) is 10.3. The van der Waals surface area contributed by atoms with Crippen LogP contribution in [0.15, 0.2) is 0 Å². The van der Waals surface area contributed by atoms with E-state index in [-0.39, 0.29) is 12.5 Å². The van der Waals surface area contributed by atoms with Crippen LogP contribution >= 0.6 is 0 Å². The maximum atomic E-state index is 11.1. The summed E-state index contributed by atoms with van der Waals surface area (Å²) in [6.45, 7) is 3.32. The zero-order valence-electron chi connectivity index (χ0n) is 9.55. The molecule has 0 aliphatic carbocycles. The topological polar surface area (TPSA) is 38.3 Å². The molecule has 0 aromatic rings. The minimum absolute atomic E-state index is 0.208. The molecule has 0 amide bonds. The Morgan fingerprint density at radius 2 is 2.07 bits per heavy atom.